The molecule has 0 saturated carbocycles. The Kier molecular flexibility index (Phi) is 8.82. The summed E-state index contributed by atoms with van der Waals surface area (Å²) in [5, 5.41) is 3.00. The van der Waals surface area contributed by atoms with Crippen LogP contribution in [0.1, 0.15) is 25.7 Å². The second-order valence-corrected chi connectivity index (χ2v) is 6.11. The van der Waals surface area contributed by atoms with Crippen molar-refractivity contribution in [3.05, 3.63) is 0 Å². The number of likely N-dealkylation sites (N-methyl/N-ethyl adjacent to an activating group) is 1. The van der Waals surface area contributed by atoms with Crippen LogP contribution in [0.25, 0.3) is 0 Å². The van der Waals surface area contributed by atoms with Crippen molar-refractivity contribution in [2.45, 2.75) is 25.7 Å². The lowest BCUT2D eigenvalue weighted by Crippen LogP contribution is -2.44. The van der Waals surface area contributed by atoms with Crippen molar-refractivity contribution in [2.75, 3.05) is 67.0 Å². The molecular formula is C15H32N4O. The molecule has 5 heteroatoms. The van der Waals surface area contributed by atoms with E-state index < -0.39 is 0 Å². The summed E-state index contributed by atoms with van der Waals surface area (Å²) in [5.41, 5.74) is 0. The first-order valence-electron chi connectivity index (χ1n) is 7.90. The second-order valence-electron chi connectivity index (χ2n) is 6.11. The van der Waals surface area contributed by atoms with E-state index in [1.807, 2.05) is 0 Å². The van der Waals surface area contributed by atoms with Gasteiger partial charge in [-0.2, -0.15) is 0 Å². The van der Waals surface area contributed by atoms with Crippen LogP contribution in [-0.4, -0.2) is 87.6 Å². The van der Waals surface area contributed by atoms with Crippen LogP contribution in [0.15, 0.2) is 0 Å². The molecule has 0 spiro atoms. The summed E-state index contributed by atoms with van der Waals surface area (Å²) >= 11 is 0. The van der Waals surface area contributed by atoms with E-state index >= 15 is 0 Å². The molecule has 1 aliphatic heterocycles. The highest BCUT2D eigenvalue weighted by atomic mass is 16.1. The standard InChI is InChI=1S/C15H32N4O/c1-17(2)9-6-8-16-15(20)7-4-5-10-19-13-11-18(3)12-14-19/h4-14H2,1-3H3,(H,16,20). The number of nitrogens with one attached hydrogen (secondary N) is 1. The summed E-state index contributed by atoms with van der Waals surface area (Å²) in [6.07, 6.45) is 3.84. The highest BCUT2D eigenvalue weighted by Crippen LogP contribution is 2.03. The van der Waals surface area contributed by atoms with Crippen molar-refractivity contribution in [2.24, 2.45) is 0 Å². The third kappa shape index (κ3) is 8.51. The monoisotopic (exact) mass is 284 g/mol. The predicted molar refractivity (Wildman–Crippen MR) is 84.0 cm³/mol. The molecule has 0 aliphatic carbocycles. The zero-order valence-electron chi connectivity index (χ0n) is 13.5. The SMILES string of the molecule is CN(C)CCCNC(=O)CCCCN1CCN(C)CC1. The van der Waals surface area contributed by atoms with Crippen molar-refractivity contribution in [1.29, 1.82) is 0 Å². The average Bonchev–Trinajstić information content (AvgIpc) is 2.41. The van der Waals surface area contributed by atoms with Crippen LogP contribution in [0.3, 0.4) is 0 Å². The molecule has 0 aromatic carbocycles. The number of carbonyl (C=O) groups is 1. The molecule has 0 unspecified atom stereocenters. The summed E-state index contributed by atoms with van der Waals surface area (Å²) in [5.74, 6) is 0.210. The molecule has 5 nitrogen and oxygen atoms in total. The van der Waals surface area contributed by atoms with Gasteiger partial charge in [0, 0.05) is 39.1 Å². The van der Waals surface area contributed by atoms with Crippen LogP contribution in [0.4, 0.5) is 0 Å². The van der Waals surface area contributed by atoms with Crippen LogP contribution in [0, 0.1) is 0 Å². The van der Waals surface area contributed by atoms with Crippen LogP contribution in [0.2, 0.25) is 0 Å². The summed E-state index contributed by atoms with van der Waals surface area (Å²) in [6, 6.07) is 0. The Bertz CT molecular complexity index is 263. The van der Waals surface area contributed by atoms with E-state index in [-0.39, 0.29) is 5.91 Å². The number of hydrogen-bond acceptors (Lipinski definition) is 4. The maximum atomic E-state index is 11.6. The van der Waals surface area contributed by atoms with Crippen molar-refractivity contribution in [3.8, 4) is 0 Å². The summed E-state index contributed by atoms with van der Waals surface area (Å²) in [7, 11) is 6.29. The first kappa shape index (κ1) is 17.4. The summed E-state index contributed by atoms with van der Waals surface area (Å²) in [6.45, 7) is 7.67. The van der Waals surface area contributed by atoms with Gasteiger partial charge < -0.3 is 20.0 Å². The minimum Gasteiger partial charge on any atom is -0.356 e. The molecular weight excluding hydrogens is 252 g/mol. The fraction of sp³-hybridized carbons (Fsp3) is 0.933. The Balaban J connectivity index is 1.91. The number of carbonyl (C=O) groups excluding carboxylic acids is 1. The number of rotatable bonds is 9. The van der Waals surface area contributed by atoms with Crippen molar-refractivity contribution in [1.82, 2.24) is 20.0 Å². The van der Waals surface area contributed by atoms with Crippen LogP contribution < -0.4 is 5.32 Å². The van der Waals surface area contributed by atoms with Gasteiger partial charge in [-0.1, -0.05) is 0 Å². The van der Waals surface area contributed by atoms with E-state index in [9.17, 15) is 4.79 Å². The topological polar surface area (TPSA) is 38.8 Å². The largest absolute Gasteiger partial charge is 0.356 e. The minimum absolute atomic E-state index is 0.210. The van der Waals surface area contributed by atoms with E-state index in [0.717, 1.165) is 38.9 Å². The van der Waals surface area contributed by atoms with E-state index in [2.05, 4.69) is 41.2 Å². The Morgan fingerprint density at radius 2 is 1.80 bits per heavy atom. The van der Waals surface area contributed by atoms with Crippen molar-refractivity contribution >= 4 is 5.91 Å². The number of unbranched alkanes of at least 4 members (excludes halogenated alkanes) is 1. The van der Waals surface area contributed by atoms with Gasteiger partial charge >= 0.3 is 0 Å². The normalized spacial score (nSPS) is 17.6. The van der Waals surface area contributed by atoms with Crippen LogP contribution in [-0.2, 0) is 4.79 Å². The zero-order chi connectivity index (χ0) is 14.8. The lowest BCUT2D eigenvalue weighted by Gasteiger charge is -2.32. The van der Waals surface area contributed by atoms with E-state index in [1.54, 1.807) is 0 Å². The fourth-order valence-corrected chi connectivity index (χ4v) is 2.40. The molecule has 1 amide bonds. The van der Waals surface area contributed by atoms with Crippen LogP contribution >= 0.6 is 0 Å². The lowest BCUT2D eigenvalue weighted by atomic mass is 10.2. The second kappa shape index (κ2) is 10.1. The van der Waals surface area contributed by atoms with Gasteiger partial charge in [-0.3, -0.25) is 4.79 Å². The molecule has 20 heavy (non-hydrogen) atoms. The number of hydrogen-bond donors (Lipinski definition) is 1. The Morgan fingerprint density at radius 1 is 1.10 bits per heavy atom. The predicted octanol–water partition coefficient (Wildman–Crippen LogP) is 0.472. The summed E-state index contributed by atoms with van der Waals surface area (Å²) < 4.78 is 0. The van der Waals surface area contributed by atoms with Crippen molar-refractivity contribution in [3.63, 3.8) is 0 Å². The summed E-state index contributed by atoms with van der Waals surface area (Å²) in [4.78, 5) is 18.7. The van der Waals surface area contributed by atoms with Gasteiger partial charge in [0.25, 0.3) is 0 Å². The van der Waals surface area contributed by atoms with Gasteiger partial charge in [0.2, 0.25) is 5.91 Å². The Morgan fingerprint density at radius 3 is 2.45 bits per heavy atom. The Labute approximate surface area is 124 Å². The average molecular weight is 284 g/mol. The molecule has 0 aromatic rings. The van der Waals surface area contributed by atoms with Crippen LogP contribution in [0.5, 0.6) is 0 Å². The molecule has 1 fully saturated rings. The Hall–Kier alpha value is -0.650. The molecule has 118 valence electrons. The molecule has 0 aromatic heterocycles. The van der Waals surface area contributed by atoms with Gasteiger partial charge in [-0.15, -0.1) is 0 Å². The number of amides is 1. The minimum atomic E-state index is 0.210. The lowest BCUT2D eigenvalue weighted by molar-refractivity contribution is -0.121. The van der Waals surface area contributed by atoms with Gasteiger partial charge in [-0.05, 0) is 53.5 Å². The first-order chi connectivity index (χ1) is 9.58. The van der Waals surface area contributed by atoms with Gasteiger partial charge in [0.1, 0.15) is 0 Å². The third-order valence-electron chi connectivity index (χ3n) is 3.83. The van der Waals surface area contributed by atoms with Gasteiger partial charge in [0.15, 0.2) is 0 Å². The molecule has 1 aliphatic rings. The highest BCUT2D eigenvalue weighted by molar-refractivity contribution is 5.75. The molecule has 1 rings (SSSR count). The van der Waals surface area contributed by atoms with E-state index in [0.29, 0.717) is 6.42 Å². The van der Waals surface area contributed by atoms with Gasteiger partial charge in [0.05, 0.1) is 0 Å². The molecule has 1 heterocycles. The zero-order valence-corrected chi connectivity index (χ0v) is 13.5. The maximum Gasteiger partial charge on any atom is 0.219 e. The van der Waals surface area contributed by atoms with E-state index in [4.69, 9.17) is 0 Å². The smallest absolute Gasteiger partial charge is 0.219 e. The third-order valence-corrected chi connectivity index (χ3v) is 3.83. The fourth-order valence-electron chi connectivity index (χ4n) is 2.40. The first-order valence-corrected chi connectivity index (χ1v) is 7.90. The highest BCUT2D eigenvalue weighted by Gasteiger charge is 2.12. The molecule has 0 radical (unpaired) electrons. The molecule has 0 bridgehead atoms. The molecule has 0 atom stereocenters. The van der Waals surface area contributed by atoms with Crippen molar-refractivity contribution < 1.29 is 4.79 Å². The number of piperazine rings is 1. The van der Waals surface area contributed by atoms with Gasteiger partial charge in [-0.25, -0.2) is 0 Å². The molecule has 1 saturated heterocycles. The maximum absolute atomic E-state index is 11.6. The quantitative estimate of drug-likeness (QED) is 0.625. The number of nitrogens with zero attached hydrogens (tertiary/aromatic N) is 3. The van der Waals surface area contributed by atoms with E-state index in [1.165, 1.54) is 26.2 Å². The molecule has 1 N–H and O–H groups in total.